The summed E-state index contributed by atoms with van der Waals surface area (Å²) in [5.74, 6) is 0.847. The third-order valence-corrected chi connectivity index (χ3v) is 2.89. The minimum Gasteiger partial charge on any atom is -0.494 e. The van der Waals surface area contributed by atoms with Gasteiger partial charge in [-0.05, 0) is 26.2 Å². The molecule has 1 unspecified atom stereocenters. The number of para-hydroxylation sites is 1. The summed E-state index contributed by atoms with van der Waals surface area (Å²) in [5.41, 5.74) is 0. The fraction of sp³-hybridized carbons (Fsp3) is 0.455. The quantitative estimate of drug-likeness (QED) is 0.544. The van der Waals surface area contributed by atoms with Gasteiger partial charge in [0, 0.05) is 6.42 Å². The van der Waals surface area contributed by atoms with E-state index in [0.29, 0.717) is 13.2 Å². The summed E-state index contributed by atoms with van der Waals surface area (Å²) in [6.45, 7) is 1.01. The Hall–Kier alpha value is -0.960. The summed E-state index contributed by atoms with van der Waals surface area (Å²) in [6.07, 6.45) is 0.726. The smallest absolute Gasteiger partial charge is 0.297 e. The van der Waals surface area contributed by atoms with Gasteiger partial charge in [0.1, 0.15) is 5.75 Å². The molecule has 0 spiro atoms. The molecule has 0 aliphatic rings. The van der Waals surface area contributed by atoms with Crippen molar-refractivity contribution < 1.29 is 13.8 Å². The molecule has 1 atom stereocenters. The topological polar surface area (TPSA) is 38.8 Å². The van der Waals surface area contributed by atoms with Gasteiger partial charge in [0.15, 0.2) is 0 Å². The van der Waals surface area contributed by atoms with Gasteiger partial charge in [-0.1, -0.05) is 18.2 Å². The molecule has 1 rings (SSSR count). The normalized spacial score (nSPS) is 11.6. The zero-order valence-electron chi connectivity index (χ0n) is 9.63. The van der Waals surface area contributed by atoms with Gasteiger partial charge >= 0.3 is 0 Å². The Bertz CT molecular complexity index is 316. The van der Waals surface area contributed by atoms with Crippen molar-refractivity contribution in [2.45, 2.75) is 6.42 Å². The van der Waals surface area contributed by atoms with E-state index in [4.69, 9.17) is 9.26 Å². The lowest BCUT2D eigenvalue weighted by molar-refractivity contribution is 0.244. The van der Waals surface area contributed by atoms with Gasteiger partial charge in [-0.2, -0.15) is 0 Å². The number of benzene rings is 1. The molecular weight excluding hydrogens is 225 g/mol. The Labute approximate surface area is 97.1 Å². The molecule has 0 fully saturated rings. The van der Waals surface area contributed by atoms with E-state index in [9.17, 15) is 4.57 Å². The van der Waals surface area contributed by atoms with Crippen molar-refractivity contribution in [2.24, 2.45) is 0 Å². The third-order valence-electron chi connectivity index (χ3n) is 1.83. The van der Waals surface area contributed by atoms with E-state index in [0.717, 1.165) is 12.2 Å². The first-order valence-corrected chi connectivity index (χ1v) is 6.28. The molecule has 1 aromatic rings. The summed E-state index contributed by atoms with van der Waals surface area (Å²) in [7, 11) is 1.76. The standard InChI is InChI=1S/C11H17NO3P/c1-12(2)16(13)15-10-6-9-14-11-7-4-3-5-8-11/h3-5,7-8H,6,9-10H2,1-2H3. The number of rotatable bonds is 7. The van der Waals surface area contributed by atoms with Crippen LogP contribution in [-0.4, -0.2) is 32.0 Å². The van der Waals surface area contributed by atoms with Gasteiger partial charge < -0.3 is 4.74 Å². The number of ether oxygens (including phenoxy) is 1. The van der Waals surface area contributed by atoms with Crippen molar-refractivity contribution >= 4 is 8.18 Å². The van der Waals surface area contributed by atoms with E-state index in [-0.39, 0.29) is 0 Å². The summed E-state index contributed by atoms with van der Waals surface area (Å²) < 4.78 is 23.3. The lowest BCUT2D eigenvalue weighted by atomic mass is 10.3. The first-order chi connectivity index (χ1) is 7.70. The molecule has 4 nitrogen and oxygen atoms in total. The van der Waals surface area contributed by atoms with Gasteiger partial charge in [-0.25, -0.2) is 9.24 Å². The highest BCUT2D eigenvalue weighted by atomic mass is 31.1. The SMILES string of the molecule is CN(C)[P](=O)OCCCOc1ccccc1. The molecule has 0 aliphatic heterocycles. The zero-order valence-corrected chi connectivity index (χ0v) is 10.5. The Balaban J connectivity index is 2.07. The fourth-order valence-electron chi connectivity index (χ4n) is 1.02. The molecular formula is C11H17NO3P. The summed E-state index contributed by atoms with van der Waals surface area (Å²) in [6, 6.07) is 9.60. The van der Waals surface area contributed by atoms with E-state index in [1.807, 2.05) is 30.3 Å². The van der Waals surface area contributed by atoms with Crippen LogP contribution in [0, 0.1) is 0 Å². The maximum Gasteiger partial charge on any atom is 0.297 e. The monoisotopic (exact) mass is 242 g/mol. The lowest BCUT2D eigenvalue weighted by Crippen LogP contribution is -2.05. The Morgan fingerprint density at radius 3 is 2.50 bits per heavy atom. The Morgan fingerprint density at radius 1 is 1.19 bits per heavy atom. The van der Waals surface area contributed by atoms with Crippen LogP contribution < -0.4 is 4.74 Å². The Kier molecular flexibility index (Phi) is 6.01. The third kappa shape index (κ3) is 5.21. The summed E-state index contributed by atoms with van der Waals surface area (Å²) in [4.78, 5) is 0. The number of hydrogen-bond acceptors (Lipinski definition) is 3. The molecule has 0 amide bonds. The predicted octanol–water partition coefficient (Wildman–Crippen LogP) is 2.69. The molecule has 0 N–H and O–H groups in total. The molecule has 16 heavy (non-hydrogen) atoms. The molecule has 0 aromatic heterocycles. The molecule has 1 aromatic carbocycles. The number of nitrogens with zero attached hydrogens (tertiary/aromatic N) is 1. The Morgan fingerprint density at radius 2 is 1.88 bits per heavy atom. The van der Waals surface area contributed by atoms with Crippen LogP contribution in [0.2, 0.25) is 0 Å². The first-order valence-electron chi connectivity index (χ1n) is 5.15. The van der Waals surface area contributed by atoms with E-state index in [1.165, 1.54) is 0 Å². The zero-order chi connectivity index (χ0) is 11.8. The van der Waals surface area contributed by atoms with Crippen molar-refractivity contribution in [2.75, 3.05) is 27.3 Å². The first kappa shape index (κ1) is 13.1. The van der Waals surface area contributed by atoms with Gasteiger partial charge in [0.2, 0.25) is 0 Å². The molecule has 89 valence electrons. The maximum absolute atomic E-state index is 11.2. The molecule has 0 heterocycles. The van der Waals surface area contributed by atoms with Gasteiger partial charge in [-0.3, -0.25) is 4.52 Å². The van der Waals surface area contributed by atoms with Crippen LogP contribution in [0.3, 0.4) is 0 Å². The second-order valence-electron chi connectivity index (χ2n) is 3.43. The van der Waals surface area contributed by atoms with Gasteiger partial charge in [0.05, 0.1) is 13.2 Å². The average molecular weight is 242 g/mol. The van der Waals surface area contributed by atoms with Gasteiger partial charge in [0.25, 0.3) is 8.18 Å². The van der Waals surface area contributed by atoms with E-state index < -0.39 is 8.18 Å². The molecule has 0 bridgehead atoms. The highest BCUT2D eigenvalue weighted by molar-refractivity contribution is 7.36. The highest BCUT2D eigenvalue weighted by Crippen LogP contribution is 2.23. The molecule has 0 saturated carbocycles. The van der Waals surface area contributed by atoms with Crippen LogP contribution in [0.4, 0.5) is 0 Å². The molecule has 1 radical (unpaired) electrons. The minimum absolute atomic E-state index is 0.445. The molecule has 0 aliphatic carbocycles. The van der Waals surface area contributed by atoms with Crippen molar-refractivity contribution in [1.29, 1.82) is 0 Å². The summed E-state index contributed by atoms with van der Waals surface area (Å²) in [5, 5.41) is 0. The van der Waals surface area contributed by atoms with Crippen molar-refractivity contribution in [3.05, 3.63) is 30.3 Å². The van der Waals surface area contributed by atoms with E-state index in [1.54, 1.807) is 18.8 Å². The minimum atomic E-state index is -1.68. The van der Waals surface area contributed by atoms with E-state index in [2.05, 4.69) is 0 Å². The van der Waals surface area contributed by atoms with Crippen molar-refractivity contribution in [3.63, 3.8) is 0 Å². The van der Waals surface area contributed by atoms with Gasteiger partial charge in [-0.15, -0.1) is 0 Å². The van der Waals surface area contributed by atoms with Crippen LogP contribution in [0.25, 0.3) is 0 Å². The van der Waals surface area contributed by atoms with Crippen LogP contribution in [0.5, 0.6) is 5.75 Å². The second-order valence-corrected chi connectivity index (χ2v) is 4.97. The van der Waals surface area contributed by atoms with Crippen molar-refractivity contribution in [3.8, 4) is 5.75 Å². The molecule has 0 saturated heterocycles. The second kappa shape index (κ2) is 7.34. The molecule has 5 heteroatoms. The average Bonchev–Trinajstić information content (AvgIpc) is 2.29. The van der Waals surface area contributed by atoms with Crippen LogP contribution in [-0.2, 0) is 9.09 Å². The highest BCUT2D eigenvalue weighted by Gasteiger charge is 2.03. The van der Waals surface area contributed by atoms with Crippen LogP contribution >= 0.6 is 8.18 Å². The van der Waals surface area contributed by atoms with Crippen LogP contribution in [0.1, 0.15) is 6.42 Å². The fourth-order valence-corrected chi connectivity index (χ4v) is 1.54. The van der Waals surface area contributed by atoms with Crippen molar-refractivity contribution in [1.82, 2.24) is 4.67 Å². The largest absolute Gasteiger partial charge is 0.494 e. The lowest BCUT2D eigenvalue weighted by Gasteiger charge is -2.08. The number of hydrogen-bond donors (Lipinski definition) is 0. The van der Waals surface area contributed by atoms with Crippen LogP contribution in [0.15, 0.2) is 30.3 Å². The maximum atomic E-state index is 11.2. The predicted molar refractivity (Wildman–Crippen MR) is 63.8 cm³/mol. The van der Waals surface area contributed by atoms with E-state index >= 15 is 0 Å². The summed E-state index contributed by atoms with van der Waals surface area (Å²) >= 11 is 0.